The van der Waals surface area contributed by atoms with Crippen molar-refractivity contribution in [3.05, 3.63) is 65.3 Å². The summed E-state index contributed by atoms with van der Waals surface area (Å²) in [6.07, 6.45) is 13.6. The molecule has 9 nitrogen and oxygen atoms in total. The van der Waals surface area contributed by atoms with Crippen LogP contribution in [0.5, 0.6) is 0 Å². The van der Waals surface area contributed by atoms with Crippen LogP contribution in [-0.4, -0.2) is 68.2 Å². The number of fused-ring (bicyclic) bond motifs is 1. The standard InChI is InChI=1S/C28H35ClN8O/c29-25-17-26(33-28(32-25)35-11-10-30-19-35)37-13-12-36(34-22-8-2-1-3-9-22)18-24(37)16-27(38)31-23-14-20-6-4-5-7-21(20)15-23/h4-7,10-11,17,19,22-24,34H,1-3,8-9,12-16,18H2,(H,31,38). The molecule has 0 radical (unpaired) electrons. The molecular weight excluding hydrogens is 500 g/mol. The molecule has 38 heavy (non-hydrogen) atoms. The molecule has 1 unspecified atom stereocenters. The fraction of sp³-hybridized carbons (Fsp3) is 0.500. The number of hydrazine groups is 1. The second-order valence-electron chi connectivity index (χ2n) is 10.7. The maximum atomic E-state index is 13.4. The van der Waals surface area contributed by atoms with Gasteiger partial charge >= 0.3 is 0 Å². The lowest BCUT2D eigenvalue weighted by Crippen LogP contribution is -2.60. The third kappa shape index (κ3) is 5.85. The third-order valence-corrected chi connectivity index (χ3v) is 8.18. The van der Waals surface area contributed by atoms with Gasteiger partial charge in [-0.15, -0.1) is 0 Å². The second-order valence-corrected chi connectivity index (χ2v) is 11.1. The number of rotatable bonds is 7. The van der Waals surface area contributed by atoms with Crippen LogP contribution < -0.4 is 15.6 Å². The highest BCUT2D eigenvalue weighted by Gasteiger charge is 2.33. The lowest BCUT2D eigenvalue weighted by atomic mass is 9.96. The van der Waals surface area contributed by atoms with E-state index in [9.17, 15) is 4.79 Å². The average molecular weight is 535 g/mol. The Labute approximate surface area is 228 Å². The largest absolute Gasteiger partial charge is 0.353 e. The van der Waals surface area contributed by atoms with Crippen LogP contribution in [0.25, 0.3) is 5.95 Å². The summed E-state index contributed by atoms with van der Waals surface area (Å²) < 4.78 is 1.75. The van der Waals surface area contributed by atoms with E-state index >= 15 is 0 Å². The first-order valence-corrected chi connectivity index (χ1v) is 14.2. The van der Waals surface area contributed by atoms with Crippen molar-refractivity contribution in [1.82, 2.24) is 35.3 Å². The molecule has 3 aliphatic rings. The fourth-order valence-electron chi connectivity index (χ4n) is 6.13. The molecule has 2 aliphatic carbocycles. The molecule has 3 heterocycles. The van der Waals surface area contributed by atoms with Gasteiger partial charge in [0.25, 0.3) is 0 Å². The Bertz CT molecular complexity index is 1220. The molecule has 1 saturated carbocycles. The van der Waals surface area contributed by atoms with Gasteiger partial charge in [0.15, 0.2) is 0 Å². The maximum absolute atomic E-state index is 13.4. The lowest BCUT2D eigenvalue weighted by Gasteiger charge is -2.43. The number of anilines is 1. The Balaban J connectivity index is 1.18. The zero-order valence-corrected chi connectivity index (χ0v) is 22.4. The SMILES string of the molecule is O=C(CC1CN(NC2CCCCC2)CCN1c1cc(Cl)nc(-n2ccnc2)n1)NC1Cc2ccccc2C1. The molecule has 0 spiro atoms. The Morgan fingerprint density at radius 2 is 1.82 bits per heavy atom. The lowest BCUT2D eigenvalue weighted by molar-refractivity contribution is -0.122. The van der Waals surface area contributed by atoms with E-state index in [1.807, 2.05) is 0 Å². The Hall–Kier alpha value is -3.01. The van der Waals surface area contributed by atoms with Gasteiger partial charge in [-0.25, -0.2) is 15.0 Å². The highest BCUT2D eigenvalue weighted by molar-refractivity contribution is 6.29. The number of aromatic nitrogens is 4. The van der Waals surface area contributed by atoms with Crippen molar-refractivity contribution in [2.75, 3.05) is 24.5 Å². The van der Waals surface area contributed by atoms with Gasteiger partial charge in [-0.1, -0.05) is 55.1 Å². The van der Waals surface area contributed by atoms with Gasteiger partial charge in [0.2, 0.25) is 11.9 Å². The van der Waals surface area contributed by atoms with Crippen LogP contribution >= 0.6 is 11.6 Å². The summed E-state index contributed by atoms with van der Waals surface area (Å²) in [5.74, 6) is 1.28. The van der Waals surface area contributed by atoms with Crippen molar-refractivity contribution in [3.8, 4) is 5.95 Å². The van der Waals surface area contributed by atoms with Gasteiger partial charge < -0.3 is 10.2 Å². The van der Waals surface area contributed by atoms with E-state index in [1.54, 1.807) is 29.4 Å². The van der Waals surface area contributed by atoms with Gasteiger partial charge in [-0.05, 0) is 36.8 Å². The quantitative estimate of drug-likeness (QED) is 0.449. The van der Waals surface area contributed by atoms with E-state index in [2.05, 4.69) is 54.9 Å². The van der Waals surface area contributed by atoms with Crippen molar-refractivity contribution in [3.63, 3.8) is 0 Å². The van der Waals surface area contributed by atoms with E-state index in [0.717, 1.165) is 38.3 Å². The minimum Gasteiger partial charge on any atom is -0.353 e. The second kappa shape index (κ2) is 11.4. The number of benzene rings is 1. The van der Waals surface area contributed by atoms with Gasteiger partial charge in [0, 0.05) is 56.6 Å². The third-order valence-electron chi connectivity index (χ3n) is 7.99. The summed E-state index contributed by atoms with van der Waals surface area (Å²) >= 11 is 6.44. The predicted octanol–water partition coefficient (Wildman–Crippen LogP) is 3.32. The van der Waals surface area contributed by atoms with Crippen molar-refractivity contribution in [2.45, 2.75) is 69.5 Å². The van der Waals surface area contributed by atoms with Gasteiger partial charge in [0.1, 0.15) is 17.3 Å². The highest BCUT2D eigenvalue weighted by atomic mass is 35.5. The number of imidazole rings is 1. The van der Waals surface area contributed by atoms with E-state index in [-0.39, 0.29) is 18.0 Å². The van der Waals surface area contributed by atoms with Crippen LogP contribution in [0.4, 0.5) is 5.82 Å². The minimum atomic E-state index is -0.0507. The van der Waals surface area contributed by atoms with Crippen LogP contribution in [0.3, 0.4) is 0 Å². The Morgan fingerprint density at radius 1 is 1.03 bits per heavy atom. The molecule has 1 aromatic carbocycles. The molecule has 2 N–H and O–H groups in total. The molecule has 1 saturated heterocycles. The van der Waals surface area contributed by atoms with Crippen LogP contribution in [-0.2, 0) is 17.6 Å². The summed E-state index contributed by atoms with van der Waals surface area (Å²) in [6.45, 7) is 2.31. The highest BCUT2D eigenvalue weighted by Crippen LogP contribution is 2.26. The molecule has 1 aliphatic heterocycles. The first kappa shape index (κ1) is 25.3. The van der Waals surface area contributed by atoms with Crippen molar-refractivity contribution < 1.29 is 4.79 Å². The monoisotopic (exact) mass is 534 g/mol. The molecular formula is C28H35ClN8O. The number of carbonyl (C=O) groups is 1. The molecule has 2 fully saturated rings. The smallest absolute Gasteiger partial charge is 0.238 e. The van der Waals surface area contributed by atoms with E-state index in [0.29, 0.717) is 23.6 Å². The molecule has 2 aromatic heterocycles. The number of piperazine rings is 1. The van der Waals surface area contributed by atoms with Gasteiger partial charge in [0.05, 0.1) is 6.04 Å². The minimum absolute atomic E-state index is 0.0507. The number of nitrogens with zero attached hydrogens (tertiary/aromatic N) is 6. The Morgan fingerprint density at radius 3 is 2.55 bits per heavy atom. The van der Waals surface area contributed by atoms with E-state index < -0.39 is 0 Å². The molecule has 10 heteroatoms. The number of hydrogen-bond acceptors (Lipinski definition) is 7. The van der Waals surface area contributed by atoms with Crippen molar-refractivity contribution in [2.24, 2.45) is 0 Å². The first-order chi connectivity index (χ1) is 18.6. The average Bonchev–Trinajstić information content (AvgIpc) is 3.59. The molecule has 1 amide bonds. The Kier molecular flexibility index (Phi) is 7.58. The van der Waals surface area contributed by atoms with E-state index in [4.69, 9.17) is 16.6 Å². The fourth-order valence-corrected chi connectivity index (χ4v) is 6.31. The van der Waals surface area contributed by atoms with Crippen LogP contribution in [0, 0.1) is 0 Å². The van der Waals surface area contributed by atoms with Crippen LogP contribution in [0.1, 0.15) is 49.7 Å². The summed E-state index contributed by atoms with van der Waals surface area (Å²) in [5.41, 5.74) is 6.44. The summed E-state index contributed by atoms with van der Waals surface area (Å²) in [7, 11) is 0. The molecule has 6 rings (SSSR count). The number of hydrogen-bond donors (Lipinski definition) is 2. The number of nitrogens with one attached hydrogen (secondary N) is 2. The summed E-state index contributed by atoms with van der Waals surface area (Å²) in [4.78, 5) is 28.9. The van der Waals surface area contributed by atoms with Crippen LogP contribution in [0.15, 0.2) is 49.1 Å². The zero-order chi connectivity index (χ0) is 25.9. The topological polar surface area (TPSA) is 91.2 Å². The summed E-state index contributed by atoms with van der Waals surface area (Å²) in [5, 5.41) is 5.99. The number of halogens is 1. The molecule has 200 valence electrons. The maximum Gasteiger partial charge on any atom is 0.238 e. The van der Waals surface area contributed by atoms with Crippen molar-refractivity contribution >= 4 is 23.3 Å². The predicted molar refractivity (Wildman–Crippen MR) is 147 cm³/mol. The van der Waals surface area contributed by atoms with Crippen LogP contribution in [0.2, 0.25) is 5.15 Å². The summed E-state index contributed by atoms with van der Waals surface area (Å²) in [6, 6.07) is 10.9. The molecule has 1 atom stereocenters. The van der Waals surface area contributed by atoms with E-state index in [1.165, 1.54) is 43.2 Å². The van der Waals surface area contributed by atoms with Gasteiger partial charge in [-0.2, -0.15) is 4.98 Å². The molecule has 0 bridgehead atoms. The number of carbonyl (C=O) groups excluding carboxylic acids is 1. The molecule has 3 aromatic rings. The van der Waals surface area contributed by atoms with Crippen molar-refractivity contribution in [1.29, 1.82) is 0 Å². The zero-order valence-electron chi connectivity index (χ0n) is 21.6. The number of amides is 1. The first-order valence-electron chi connectivity index (χ1n) is 13.8. The normalized spacial score (nSPS) is 21.0. The van der Waals surface area contributed by atoms with Gasteiger partial charge in [-0.3, -0.25) is 14.8 Å².